The van der Waals surface area contributed by atoms with E-state index >= 15 is 0 Å². The zero-order chi connectivity index (χ0) is 25.7. The van der Waals surface area contributed by atoms with Gasteiger partial charge in [-0.2, -0.15) is 0 Å². The van der Waals surface area contributed by atoms with Crippen LogP contribution in [0.4, 0.5) is 5.69 Å². The zero-order valence-electron chi connectivity index (χ0n) is 20.2. The molecule has 0 N–H and O–H groups in total. The molecule has 36 heavy (non-hydrogen) atoms. The highest BCUT2D eigenvalue weighted by Gasteiger charge is 2.35. The van der Waals surface area contributed by atoms with Crippen molar-refractivity contribution in [2.45, 2.75) is 33.4 Å². The quantitative estimate of drug-likeness (QED) is 0.236. The number of nitrogens with zero attached hydrogens (tertiary/aromatic N) is 2. The van der Waals surface area contributed by atoms with Crippen LogP contribution in [0.5, 0.6) is 11.5 Å². The lowest BCUT2D eigenvalue weighted by atomic mass is 10.1. The van der Waals surface area contributed by atoms with E-state index in [1.54, 1.807) is 4.90 Å². The van der Waals surface area contributed by atoms with Crippen LogP contribution in [0.2, 0.25) is 0 Å². The molecule has 0 bridgehead atoms. The lowest BCUT2D eigenvalue weighted by Crippen LogP contribution is -2.35. The topological polar surface area (TPSA) is 51.1 Å². The largest absolute Gasteiger partial charge is 0.490 e. The monoisotopic (exact) mass is 628 g/mol. The van der Waals surface area contributed by atoms with Gasteiger partial charge in [-0.15, -0.1) is 0 Å². The summed E-state index contributed by atoms with van der Waals surface area (Å²) in [5.41, 5.74) is 2.70. The van der Waals surface area contributed by atoms with Crippen molar-refractivity contribution < 1.29 is 14.3 Å². The van der Waals surface area contributed by atoms with Crippen molar-refractivity contribution in [3.63, 3.8) is 0 Å². The van der Waals surface area contributed by atoms with Crippen molar-refractivity contribution in [2.75, 3.05) is 6.61 Å². The Labute approximate surface area is 232 Å². The summed E-state index contributed by atoms with van der Waals surface area (Å²) in [4.78, 5) is 20.4. The molecule has 1 saturated heterocycles. The van der Waals surface area contributed by atoms with Gasteiger partial charge in [0.15, 0.2) is 16.7 Å². The molecule has 0 radical (unpaired) electrons. The fourth-order valence-electron chi connectivity index (χ4n) is 3.59. The predicted octanol–water partition coefficient (Wildman–Crippen LogP) is 8.20. The van der Waals surface area contributed by atoms with Gasteiger partial charge >= 0.3 is 0 Å². The highest BCUT2D eigenvalue weighted by atomic mass is 79.9. The standard InChI is InChI=1S/C28H26Br2N2O3S/c1-4-34-24-15-20(14-23(30)26(24)35-17-19-10-12-21(29)13-11-19)16-25-27(33)32(18(2)3)28(36-25)31-22-8-6-5-7-9-22/h5-16,18H,4,17H2,1-3H3/b25-16+,31-28?. The Morgan fingerprint density at radius 3 is 2.42 bits per heavy atom. The molecular formula is C28H26Br2N2O3S. The second kappa shape index (κ2) is 12.1. The maximum Gasteiger partial charge on any atom is 0.266 e. The number of benzene rings is 3. The van der Waals surface area contributed by atoms with Crippen LogP contribution >= 0.6 is 43.6 Å². The van der Waals surface area contributed by atoms with E-state index in [2.05, 4.69) is 31.9 Å². The summed E-state index contributed by atoms with van der Waals surface area (Å²) in [6.07, 6.45) is 1.88. The number of halogens is 2. The van der Waals surface area contributed by atoms with Gasteiger partial charge in [-0.3, -0.25) is 9.69 Å². The molecule has 3 aromatic carbocycles. The van der Waals surface area contributed by atoms with Crippen LogP contribution in [0, 0.1) is 0 Å². The fourth-order valence-corrected chi connectivity index (χ4v) is 5.55. The van der Waals surface area contributed by atoms with Crippen molar-refractivity contribution >= 4 is 66.5 Å². The van der Waals surface area contributed by atoms with Crippen LogP contribution in [0.3, 0.4) is 0 Å². The predicted molar refractivity (Wildman–Crippen MR) is 155 cm³/mol. The van der Waals surface area contributed by atoms with Gasteiger partial charge in [0, 0.05) is 10.5 Å². The number of rotatable bonds is 8. The Balaban J connectivity index is 1.62. The molecule has 1 fully saturated rings. The number of amidine groups is 1. The van der Waals surface area contributed by atoms with E-state index in [0.29, 0.717) is 34.8 Å². The first kappa shape index (κ1) is 26.5. The molecule has 0 spiro atoms. The molecule has 3 aromatic rings. The molecule has 186 valence electrons. The number of carbonyl (C=O) groups is 1. The number of hydrogen-bond donors (Lipinski definition) is 0. The number of ether oxygens (including phenoxy) is 2. The van der Waals surface area contributed by atoms with Gasteiger partial charge < -0.3 is 9.47 Å². The van der Waals surface area contributed by atoms with Crippen LogP contribution in [0.25, 0.3) is 6.08 Å². The molecule has 0 unspecified atom stereocenters. The Kier molecular flexibility index (Phi) is 8.93. The molecule has 5 nitrogen and oxygen atoms in total. The van der Waals surface area contributed by atoms with Crippen LogP contribution in [0.1, 0.15) is 31.9 Å². The van der Waals surface area contributed by atoms with E-state index in [0.717, 1.165) is 25.8 Å². The Hall–Kier alpha value is -2.55. The van der Waals surface area contributed by atoms with E-state index in [1.807, 2.05) is 93.6 Å². The highest BCUT2D eigenvalue weighted by Crippen LogP contribution is 2.40. The Morgan fingerprint density at radius 2 is 1.75 bits per heavy atom. The highest BCUT2D eigenvalue weighted by molar-refractivity contribution is 9.10. The fraction of sp³-hybridized carbons (Fsp3) is 0.214. The third-order valence-electron chi connectivity index (χ3n) is 5.26. The summed E-state index contributed by atoms with van der Waals surface area (Å²) < 4.78 is 13.8. The minimum Gasteiger partial charge on any atom is -0.490 e. The van der Waals surface area contributed by atoms with Crippen molar-refractivity contribution in [1.29, 1.82) is 0 Å². The van der Waals surface area contributed by atoms with Gasteiger partial charge in [-0.25, -0.2) is 4.99 Å². The summed E-state index contributed by atoms with van der Waals surface area (Å²) in [5, 5.41) is 0.672. The van der Waals surface area contributed by atoms with Gasteiger partial charge in [0.1, 0.15) is 6.61 Å². The minimum absolute atomic E-state index is 0.0153. The summed E-state index contributed by atoms with van der Waals surface area (Å²) in [6, 6.07) is 21.5. The van der Waals surface area contributed by atoms with E-state index in [1.165, 1.54) is 11.8 Å². The maximum absolute atomic E-state index is 13.3. The molecule has 1 heterocycles. The summed E-state index contributed by atoms with van der Waals surface area (Å²) in [7, 11) is 0. The molecule has 4 rings (SSSR count). The summed E-state index contributed by atoms with van der Waals surface area (Å²) in [6.45, 7) is 6.81. The molecule has 0 aromatic heterocycles. The number of thioether (sulfide) groups is 1. The second-order valence-electron chi connectivity index (χ2n) is 8.29. The minimum atomic E-state index is -0.0608. The smallest absolute Gasteiger partial charge is 0.266 e. The molecule has 0 aliphatic carbocycles. The SMILES string of the molecule is CCOc1cc(/C=C2/SC(=Nc3ccccc3)N(C(C)C)C2=O)cc(Br)c1OCc1ccc(Br)cc1. The number of hydrogen-bond acceptors (Lipinski definition) is 5. The molecule has 1 aliphatic rings. The van der Waals surface area contributed by atoms with Gasteiger partial charge in [0.25, 0.3) is 5.91 Å². The first-order valence-electron chi connectivity index (χ1n) is 11.6. The molecule has 1 amide bonds. The first-order valence-corrected chi connectivity index (χ1v) is 14.0. The first-order chi connectivity index (χ1) is 17.4. The zero-order valence-corrected chi connectivity index (χ0v) is 24.2. The second-order valence-corrected chi connectivity index (χ2v) is 11.1. The average molecular weight is 630 g/mol. The number of amides is 1. The van der Waals surface area contributed by atoms with E-state index < -0.39 is 0 Å². The van der Waals surface area contributed by atoms with Crippen LogP contribution < -0.4 is 9.47 Å². The third-order valence-corrected chi connectivity index (χ3v) is 7.36. The van der Waals surface area contributed by atoms with E-state index in [-0.39, 0.29) is 11.9 Å². The molecule has 8 heteroatoms. The maximum atomic E-state index is 13.3. The van der Waals surface area contributed by atoms with Crippen molar-refractivity contribution in [3.05, 3.63) is 91.7 Å². The van der Waals surface area contributed by atoms with Gasteiger partial charge in [0.05, 0.1) is 21.7 Å². The Bertz CT molecular complexity index is 1290. The van der Waals surface area contributed by atoms with E-state index in [9.17, 15) is 4.79 Å². The van der Waals surface area contributed by atoms with Crippen LogP contribution in [-0.2, 0) is 11.4 Å². The molecule has 0 saturated carbocycles. The Morgan fingerprint density at radius 1 is 1.03 bits per heavy atom. The molecular weight excluding hydrogens is 604 g/mol. The summed E-state index contributed by atoms with van der Waals surface area (Å²) in [5.74, 6) is 1.18. The number of aliphatic imine (C=N–C) groups is 1. The van der Waals surface area contributed by atoms with E-state index in [4.69, 9.17) is 14.5 Å². The van der Waals surface area contributed by atoms with Crippen LogP contribution in [-0.4, -0.2) is 28.6 Å². The van der Waals surface area contributed by atoms with Crippen molar-refractivity contribution in [2.24, 2.45) is 4.99 Å². The van der Waals surface area contributed by atoms with Gasteiger partial charge in [-0.05, 0) is 102 Å². The summed E-state index contributed by atoms with van der Waals surface area (Å²) >= 11 is 8.48. The van der Waals surface area contributed by atoms with Crippen LogP contribution in [0.15, 0.2) is 85.6 Å². The number of para-hydroxylation sites is 1. The normalized spacial score (nSPS) is 15.8. The molecule has 0 atom stereocenters. The average Bonchev–Trinajstić information content (AvgIpc) is 3.15. The molecule has 1 aliphatic heterocycles. The van der Waals surface area contributed by atoms with Crippen molar-refractivity contribution in [3.8, 4) is 11.5 Å². The van der Waals surface area contributed by atoms with Gasteiger partial charge in [-0.1, -0.05) is 46.3 Å². The third kappa shape index (κ3) is 6.41. The van der Waals surface area contributed by atoms with Gasteiger partial charge in [0.2, 0.25) is 0 Å². The van der Waals surface area contributed by atoms with Crippen molar-refractivity contribution in [1.82, 2.24) is 4.90 Å². The lowest BCUT2D eigenvalue weighted by Gasteiger charge is -2.19. The number of carbonyl (C=O) groups excluding carboxylic acids is 1. The lowest BCUT2D eigenvalue weighted by molar-refractivity contribution is -0.123.